The lowest BCUT2D eigenvalue weighted by molar-refractivity contribution is 0.602. The summed E-state index contributed by atoms with van der Waals surface area (Å²) in [4.78, 5) is 4.15. The highest BCUT2D eigenvalue weighted by atomic mass is 14.7. The second kappa shape index (κ2) is 4.97. The monoisotopic (exact) mass is 178 g/mol. The third-order valence-corrected chi connectivity index (χ3v) is 2.22. The van der Waals surface area contributed by atoms with Crippen LogP contribution in [0.15, 0.2) is 18.3 Å². The van der Waals surface area contributed by atoms with E-state index in [0.717, 1.165) is 12.1 Å². The molecule has 0 bridgehead atoms. The number of nitrogens with two attached hydrogens (primary N) is 1. The van der Waals surface area contributed by atoms with E-state index in [1.807, 2.05) is 19.2 Å². The summed E-state index contributed by atoms with van der Waals surface area (Å²) in [6.07, 6.45) is 5.30. The van der Waals surface area contributed by atoms with Gasteiger partial charge in [0.25, 0.3) is 0 Å². The summed E-state index contributed by atoms with van der Waals surface area (Å²) in [7, 11) is 0. The molecule has 0 radical (unpaired) electrons. The molecule has 0 aliphatic rings. The van der Waals surface area contributed by atoms with Gasteiger partial charge in [-0.25, -0.2) is 0 Å². The van der Waals surface area contributed by atoms with Gasteiger partial charge in [0.05, 0.1) is 0 Å². The summed E-state index contributed by atoms with van der Waals surface area (Å²) in [6.45, 7) is 4.18. The first-order valence-corrected chi connectivity index (χ1v) is 4.92. The number of pyridine rings is 1. The maximum atomic E-state index is 6.02. The van der Waals surface area contributed by atoms with E-state index in [1.165, 1.54) is 18.4 Å². The van der Waals surface area contributed by atoms with E-state index in [1.54, 1.807) is 0 Å². The van der Waals surface area contributed by atoms with Gasteiger partial charge in [0.2, 0.25) is 0 Å². The first-order chi connectivity index (χ1) is 6.24. The fourth-order valence-corrected chi connectivity index (χ4v) is 1.39. The molecule has 0 spiro atoms. The zero-order chi connectivity index (χ0) is 9.68. The molecule has 1 unspecified atom stereocenters. The quantitative estimate of drug-likeness (QED) is 0.769. The Labute approximate surface area is 80.2 Å². The van der Waals surface area contributed by atoms with Crippen molar-refractivity contribution in [2.24, 2.45) is 5.73 Å². The molecular weight excluding hydrogens is 160 g/mol. The summed E-state index contributed by atoms with van der Waals surface area (Å²) < 4.78 is 0. The third-order valence-electron chi connectivity index (χ3n) is 2.22. The van der Waals surface area contributed by atoms with Gasteiger partial charge in [-0.2, -0.15) is 0 Å². The molecule has 1 aromatic rings. The highest BCUT2D eigenvalue weighted by molar-refractivity contribution is 5.18. The Hall–Kier alpha value is -0.890. The summed E-state index contributed by atoms with van der Waals surface area (Å²) in [5, 5.41) is 0. The van der Waals surface area contributed by atoms with E-state index in [0.29, 0.717) is 0 Å². The van der Waals surface area contributed by atoms with Crippen molar-refractivity contribution in [2.45, 2.75) is 39.2 Å². The second-order valence-corrected chi connectivity index (χ2v) is 3.48. The topological polar surface area (TPSA) is 38.9 Å². The Bertz CT molecular complexity index is 258. The first kappa shape index (κ1) is 10.2. The molecule has 0 amide bonds. The van der Waals surface area contributed by atoms with E-state index in [4.69, 9.17) is 5.73 Å². The molecule has 0 saturated carbocycles. The average molecular weight is 178 g/mol. The van der Waals surface area contributed by atoms with Crippen LogP contribution in [0, 0.1) is 6.92 Å². The minimum absolute atomic E-state index is 0.182. The number of aromatic nitrogens is 1. The summed E-state index contributed by atoms with van der Waals surface area (Å²) >= 11 is 0. The largest absolute Gasteiger partial charge is 0.324 e. The van der Waals surface area contributed by atoms with E-state index in [2.05, 4.69) is 18.0 Å². The third kappa shape index (κ3) is 3.15. The fourth-order valence-electron chi connectivity index (χ4n) is 1.39. The number of nitrogens with zero attached hydrogens (tertiary/aromatic N) is 1. The summed E-state index contributed by atoms with van der Waals surface area (Å²) in [5.41, 5.74) is 8.28. The summed E-state index contributed by atoms with van der Waals surface area (Å²) in [5.74, 6) is 0. The lowest BCUT2D eigenvalue weighted by atomic mass is 10.0. The van der Waals surface area contributed by atoms with Crippen molar-refractivity contribution < 1.29 is 0 Å². The lowest BCUT2D eigenvalue weighted by Crippen LogP contribution is -2.10. The molecule has 2 heteroatoms. The Morgan fingerprint density at radius 2 is 2.31 bits per heavy atom. The Balaban J connectivity index is 2.60. The van der Waals surface area contributed by atoms with E-state index >= 15 is 0 Å². The van der Waals surface area contributed by atoms with Gasteiger partial charge in [0, 0.05) is 17.9 Å². The number of rotatable bonds is 4. The van der Waals surface area contributed by atoms with Crippen molar-refractivity contribution in [1.82, 2.24) is 4.98 Å². The van der Waals surface area contributed by atoms with Crippen molar-refractivity contribution >= 4 is 0 Å². The smallest absolute Gasteiger partial charge is 0.0375 e. The Kier molecular flexibility index (Phi) is 3.90. The van der Waals surface area contributed by atoms with Crippen LogP contribution in [0.5, 0.6) is 0 Å². The van der Waals surface area contributed by atoms with Gasteiger partial charge in [-0.3, -0.25) is 4.98 Å². The molecule has 72 valence electrons. The highest BCUT2D eigenvalue weighted by Gasteiger charge is 2.04. The van der Waals surface area contributed by atoms with Crippen molar-refractivity contribution in [3.63, 3.8) is 0 Å². The molecular formula is C11H18N2. The Morgan fingerprint density at radius 3 is 2.92 bits per heavy atom. The van der Waals surface area contributed by atoms with E-state index < -0.39 is 0 Å². The molecule has 1 aromatic heterocycles. The van der Waals surface area contributed by atoms with Crippen LogP contribution in [0.1, 0.15) is 43.5 Å². The van der Waals surface area contributed by atoms with Crippen LogP contribution in [0.4, 0.5) is 0 Å². The van der Waals surface area contributed by atoms with Gasteiger partial charge >= 0.3 is 0 Å². The maximum absolute atomic E-state index is 6.02. The lowest BCUT2D eigenvalue weighted by Gasteiger charge is -2.11. The van der Waals surface area contributed by atoms with Crippen LogP contribution < -0.4 is 5.73 Å². The number of unbranched alkanes of at least 4 members (excludes halogenated alkanes) is 1. The van der Waals surface area contributed by atoms with Gasteiger partial charge < -0.3 is 5.73 Å². The number of hydrogen-bond donors (Lipinski definition) is 1. The van der Waals surface area contributed by atoms with Crippen LogP contribution in [0.3, 0.4) is 0 Å². The van der Waals surface area contributed by atoms with Crippen LogP contribution >= 0.6 is 0 Å². The van der Waals surface area contributed by atoms with Gasteiger partial charge in [-0.1, -0.05) is 19.8 Å². The van der Waals surface area contributed by atoms with Gasteiger partial charge in [0.1, 0.15) is 0 Å². The zero-order valence-corrected chi connectivity index (χ0v) is 8.46. The molecule has 2 nitrogen and oxygen atoms in total. The molecule has 2 N–H and O–H groups in total. The SMILES string of the molecule is CCCCC(N)c1ccnc(C)c1. The Morgan fingerprint density at radius 1 is 1.54 bits per heavy atom. The normalized spacial score (nSPS) is 12.8. The maximum Gasteiger partial charge on any atom is 0.0375 e. The van der Waals surface area contributed by atoms with Crippen molar-refractivity contribution in [1.29, 1.82) is 0 Å². The molecule has 0 aliphatic carbocycles. The minimum atomic E-state index is 0.182. The van der Waals surface area contributed by atoms with Crippen LogP contribution in [-0.2, 0) is 0 Å². The fraction of sp³-hybridized carbons (Fsp3) is 0.545. The highest BCUT2D eigenvalue weighted by Crippen LogP contribution is 2.16. The standard InChI is InChI=1S/C11H18N2/c1-3-4-5-11(12)10-6-7-13-9(2)8-10/h6-8,11H,3-5,12H2,1-2H3. The minimum Gasteiger partial charge on any atom is -0.324 e. The number of hydrogen-bond acceptors (Lipinski definition) is 2. The molecule has 0 aromatic carbocycles. The predicted molar refractivity (Wildman–Crippen MR) is 55.4 cm³/mol. The van der Waals surface area contributed by atoms with Crippen molar-refractivity contribution in [3.8, 4) is 0 Å². The first-order valence-electron chi connectivity index (χ1n) is 4.92. The van der Waals surface area contributed by atoms with Gasteiger partial charge in [0.15, 0.2) is 0 Å². The van der Waals surface area contributed by atoms with Gasteiger partial charge in [-0.05, 0) is 31.0 Å². The predicted octanol–water partition coefficient (Wildman–Crippen LogP) is 2.58. The molecule has 0 saturated heterocycles. The van der Waals surface area contributed by atoms with Crippen LogP contribution in [0.25, 0.3) is 0 Å². The van der Waals surface area contributed by atoms with E-state index in [-0.39, 0.29) is 6.04 Å². The molecule has 13 heavy (non-hydrogen) atoms. The number of aryl methyl sites for hydroxylation is 1. The van der Waals surface area contributed by atoms with Crippen LogP contribution in [-0.4, -0.2) is 4.98 Å². The molecule has 0 fully saturated rings. The average Bonchev–Trinajstić information content (AvgIpc) is 2.14. The molecule has 1 rings (SSSR count). The van der Waals surface area contributed by atoms with Crippen molar-refractivity contribution in [3.05, 3.63) is 29.6 Å². The zero-order valence-electron chi connectivity index (χ0n) is 8.46. The second-order valence-electron chi connectivity index (χ2n) is 3.48. The molecule has 1 atom stereocenters. The van der Waals surface area contributed by atoms with Crippen molar-refractivity contribution in [2.75, 3.05) is 0 Å². The van der Waals surface area contributed by atoms with E-state index in [9.17, 15) is 0 Å². The van der Waals surface area contributed by atoms with Gasteiger partial charge in [-0.15, -0.1) is 0 Å². The molecule has 0 aliphatic heterocycles. The summed E-state index contributed by atoms with van der Waals surface area (Å²) in [6, 6.07) is 4.26. The molecule has 1 heterocycles. The van der Waals surface area contributed by atoms with Crippen LogP contribution in [0.2, 0.25) is 0 Å².